The minimum absolute atomic E-state index is 0.409. The third-order valence-corrected chi connectivity index (χ3v) is 4.81. The molecule has 0 radical (unpaired) electrons. The van der Waals surface area contributed by atoms with Crippen molar-refractivity contribution in [1.82, 2.24) is 5.32 Å². The van der Waals surface area contributed by atoms with Crippen LogP contribution < -0.4 is 5.32 Å². The molecule has 1 nitrogen and oxygen atoms in total. The summed E-state index contributed by atoms with van der Waals surface area (Å²) in [5.41, 5.74) is 1.26. The second kappa shape index (κ2) is 5.95. The maximum atomic E-state index is 6.28. The molecule has 1 N–H and O–H groups in total. The Kier molecular flexibility index (Phi) is 4.56. The third kappa shape index (κ3) is 2.73. The summed E-state index contributed by atoms with van der Waals surface area (Å²) in [6.07, 6.45) is 2.63. The van der Waals surface area contributed by atoms with Gasteiger partial charge < -0.3 is 5.32 Å². The van der Waals surface area contributed by atoms with E-state index in [9.17, 15) is 0 Å². The number of hydrogen-bond donors (Lipinski definition) is 1. The topological polar surface area (TPSA) is 12.0 Å². The Balaban J connectivity index is 2.21. The summed E-state index contributed by atoms with van der Waals surface area (Å²) in [7, 11) is 0. The molecule has 0 spiro atoms. The fourth-order valence-corrected chi connectivity index (χ4v) is 3.91. The quantitative estimate of drug-likeness (QED) is 0.876. The molecule has 1 fully saturated rings. The van der Waals surface area contributed by atoms with Gasteiger partial charge in [0.15, 0.2) is 0 Å². The van der Waals surface area contributed by atoms with Gasteiger partial charge >= 0.3 is 0 Å². The van der Waals surface area contributed by atoms with Crippen LogP contribution in [0.3, 0.4) is 0 Å². The zero-order valence-corrected chi connectivity index (χ0v) is 11.2. The fourth-order valence-electron chi connectivity index (χ4n) is 2.25. The second-order valence-electron chi connectivity index (χ2n) is 4.11. The second-order valence-corrected chi connectivity index (χ2v) is 5.86. The van der Waals surface area contributed by atoms with Crippen molar-refractivity contribution in [1.29, 1.82) is 0 Å². The van der Waals surface area contributed by atoms with Crippen molar-refractivity contribution in [2.75, 3.05) is 12.3 Å². The van der Waals surface area contributed by atoms with Crippen LogP contribution in [0.5, 0.6) is 0 Å². The van der Waals surface area contributed by atoms with Crippen LogP contribution in [0, 0.1) is 0 Å². The number of benzene rings is 1. The summed E-state index contributed by atoms with van der Waals surface area (Å²) in [6.45, 7) is 3.15. The molecule has 2 rings (SSSR count). The number of rotatable bonds is 4. The molecule has 1 heterocycles. The van der Waals surface area contributed by atoms with Gasteiger partial charge in [0.05, 0.1) is 0 Å². The van der Waals surface area contributed by atoms with Gasteiger partial charge in [-0.15, -0.1) is 0 Å². The molecule has 0 amide bonds. The van der Waals surface area contributed by atoms with Crippen LogP contribution in [0.1, 0.15) is 31.4 Å². The van der Waals surface area contributed by atoms with Crippen molar-refractivity contribution in [3.05, 3.63) is 34.9 Å². The van der Waals surface area contributed by atoms with Crippen LogP contribution in [-0.2, 0) is 0 Å². The molecule has 1 saturated heterocycles. The Bertz CT molecular complexity index is 336. The van der Waals surface area contributed by atoms with Gasteiger partial charge in [-0.05, 0) is 36.8 Å². The molecule has 0 bridgehead atoms. The summed E-state index contributed by atoms with van der Waals surface area (Å²) >= 11 is 8.36. The van der Waals surface area contributed by atoms with E-state index in [4.69, 9.17) is 11.6 Å². The summed E-state index contributed by atoms with van der Waals surface area (Å²) in [4.78, 5) is 0. The van der Waals surface area contributed by atoms with Crippen LogP contribution >= 0.6 is 23.4 Å². The number of hydrogen-bond acceptors (Lipinski definition) is 2. The van der Waals surface area contributed by atoms with Crippen LogP contribution in [-0.4, -0.2) is 17.5 Å². The van der Waals surface area contributed by atoms with Gasteiger partial charge in [-0.2, -0.15) is 11.8 Å². The Morgan fingerprint density at radius 1 is 1.50 bits per heavy atom. The average Bonchev–Trinajstić information content (AvgIpc) is 2.80. The molecule has 2 unspecified atom stereocenters. The first kappa shape index (κ1) is 12.3. The molecule has 0 aliphatic carbocycles. The first-order valence-electron chi connectivity index (χ1n) is 5.92. The van der Waals surface area contributed by atoms with Crippen molar-refractivity contribution in [2.24, 2.45) is 0 Å². The highest BCUT2D eigenvalue weighted by Crippen LogP contribution is 2.37. The Hall–Kier alpha value is -0.180. The van der Waals surface area contributed by atoms with Crippen molar-refractivity contribution >= 4 is 23.4 Å². The van der Waals surface area contributed by atoms with Crippen molar-refractivity contribution in [3.8, 4) is 0 Å². The lowest BCUT2D eigenvalue weighted by atomic mass is 10.0. The van der Waals surface area contributed by atoms with E-state index < -0.39 is 0 Å². The van der Waals surface area contributed by atoms with Gasteiger partial charge in [0.1, 0.15) is 0 Å². The van der Waals surface area contributed by atoms with Gasteiger partial charge in [-0.1, -0.05) is 36.7 Å². The van der Waals surface area contributed by atoms with E-state index in [0.29, 0.717) is 11.3 Å². The van der Waals surface area contributed by atoms with Crippen molar-refractivity contribution in [2.45, 2.75) is 31.1 Å². The average molecular weight is 256 g/mol. The smallest absolute Gasteiger partial charge is 0.0455 e. The van der Waals surface area contributed by atoms with E-state index in [2.05, 4.69) is 36.1 Å². The minimum Gasteiger partial charge on any atom is -0.309 e. The summed E-state index contributed by atoms with van der Waals surface area (Å²) in [5.74, 6) is 1.29. The first-order valence-corrected chi connectivity index (χ1v) is 7.35. The minimum atomic E-state index is 0.409. The zero-order chi connectivity index (χ0) is 11.4. The molecule has 16 heavy (non-hydrogen) atoms. The highest BCUT2D eigenvalue weighted by molar-refractivity contribution is 8.00. The van der Waals surface area contributed by atoms with Gasteiger partial charge in [0.2, 0.25) is 0 Å². The number of halogens is 1. The van der Waals surface area contributed by atoms with Crippen LogP contribution in [0.15, 0.2) is 24.3 Å². The predicted octanol–water partition coefficient (Wildman–Crippen LogP) is 3.89. The third-order valence-electron chi connectivity index (χ3n) is 3.00. The van der Waals surface area contributed by atoms with E-state index >= 15 is 0 Å². The Morgan fingerprint density at radius 2 is 2.31 bits per heavy atom. The maximum Gasteiger partial charge on any atom is 0.0455 e. The standard InChI is InChI=1S/C13H18ClNS/c1-2-15-13(12-8-5-9-16-12)10-6-3-4-7-11(10)14/h3-4,6-7,12-13,15H,2,5,8-9H2,1H3. The fraction of sp³-hybridized carbons (Fsp3) is 0.538. The van der Waals surface area contributed by atoms with Crippen molar-refractivity contribution in [3.63, 3.8) is 0 Å². The van der Waals surface area contributed by atoms with E-state index in [-0.39, 0.29) is 0 Å². The van der Waals surface area contributed by atoms with Gasteiger partial charge in [-0.3, -0.25) is 0 Å². The predicted molar refractivity (Wildman–Crippen MR) is 73.3 cm³/mol. The van der Waals surface area contributed by atoms with Crippen LogP contribution in [0.25, 0.3) is 0 Å². The molecule has 1 aromatic rings. The summed E-state index contributed by atoms with van der Waals surface area (Å²) in [6, 6.07) is 8.61. The molecule has 1 aromatic carbocycles. The zero-order valence-electron chi connectivity index (χ0n) is 9.58. The highest BCUT2D eigenvalue weighted by atomic mass is 35.5. The lowest BCUT2D eigenvalue weighted by Gasteiger charge is -2.25. The summed E-state index contributed by atoms with van der Waals surface area (Å²) in [5, 5.41) is 5.15. The highest BCUT2D eigenvalue weighted by Gasteiger charge is 2.27. The van der Waals surface area contributed by atoms with E-state index in [0.717, 1.165) is 11.6 Å². The SMILES string of the molecule is CCNC(c1ccccc1Cl)C1CCCS1. The maximum absolute atomic E-state index is 6.28. The molecular formula is C13H18ClNS. The Morgan fingerprint density at radius 3 is 2.94 bits per heavy atom. The van der Waals surface area contributed by atoms with Gasteiger partial charge in [-0.25, -0.2) is 0 Å². The van der Waals surface area contributed by atoms with Crippen LogP contribution in [0.4, 0.5) is 0 Å². The van der Waals surface area contributed by atoms with E-state index in [1.807, 2.05) is 12.1 Å². The molecule has 2 atom stereocenters. The number of thioether (sulfide) groups is 1. The number of nitrogens with one attached hydrogen (secondary N) is 1. The van der Waals surface area contributed by atoms with Crippen LogP contribution in [0.2, 0.25) is 5.02 Å². The largest absolute Gasteiger partial charge is 0.309 e. The monoisotopic (exact) mass is 255 g/mol. The molecule has 0 aromatic heterocycles. The van der Waals surface area contributed by atoms with Crippen molar-refractivity contribution < 1.29 is 0 Å². The first-order chi connectivity index (χ1) is 7.83. The molecule has 1 aliphatic heterocycles. The lowest BCUT2D eigenvalue weighted by molar-refractivity contribution is 0.519. The molecular weight excluding hydrogens is 238 g/mol. The van der Waals surface area contributed by atoms with E-state index in [1.165, 1.54) is 24.2 Å². The van der Waals surface area contributed by atoms with Gasteiger partial charge in [0.25, 0.3) is 0 Å². The summed E-state index contributed by atoms with van der Waals surface area (Å²) < 4.78 is 0. The van der Waals surface area contributed by atoms with Gasteiger partial charge in [0, 0.05) is 16.3 Å². The van der Waals surface area contributed by atoms with E-state index in [1.54, 1.807) is 0 Å². The normalized spacial score (nSPS) is 22.2. The lowest BCUT2D eigenvalue weighted by Crippen LogP contribution is -2.29. The molecule has 3 heteroatoms. The molecule has 0 saturated carbocycles. The molecule has 88 valence electrons. The Labute approximate surface area is 107 Å². The molecule has 1 aliphatic rings.